The van der Waals surface area contributed by atoms with Crippen molar-refractivity contribution in [3.63, 3.8) is 0 Å². The largest absolute Gasteiger partial charge is 0.490 e. The van der Waals surface area contributed by atoms with Crippen LogP contribution in [0.4, 0.5) is 0 Å². The molecule has 0 amide bonds. The van der Waals surface area contributed by atoms with Gasteiger partial charge in [0.2, 0.25) is 0 Å². The van der Waals surface area contributed by atoms with Crippen molar-refractivity contribution in [1.29, 1.82) is 0 Å². The van der Waals surface area contributed by atoms with E-state index < -0.39 is 0 Å². The molecule has 2 N–H and O–H groups in total. The number of aryl methyl sites for hydroxylation is 2. The van der Waals surface area contributed by atoms with Crippen molar-refractivity contribution >= 4 is 29.9 Å². The van der Waals surface area contributed by atoms with Gasteiger partial charge >= 0.3 is 0 Å². The van der Waals surface area contributed by atoms with Crippen LogP contribution in [0.2, 0.25) is 0 Å². The van der Waals surface area contributed by atoms with Crippen molar-refractivity contribution in [2.24, 2.45) is 4.99 Å². The van der Waals surface area contributed by atoms with Crippen LogP contribution in [0, 0.1) is 0 Å². The Balaban J connectivity index is 0.00000480. The van der Waals surface area contributed by atoms with Gasteiger partial charge in [-0.3, -0.25) is 0 Å². The summed E-state index contributed by atoms with van der Waals surface area (Å²) in [6, 6.07) is 6.11. The van der Waals surface area contributed by atoms with E-state index in [1.54, 1.807) is 0 Å². The Morgan fingerprint density at radius 2 is 1.74 bits per heavy atom. The molecule has 1 aromatic heterocycles. The second-order valence-electron chi connectivity index (χ2n) is 6.76. The highest BCUT2D eigenvalue weighted by Gasteiger charge is 2.13. The Morgan fingerprint density at radius 3 is 2.39 bits per heavy atom. The number of ether oxygens (including phenoxy) is 2. The summed E-state index contributed by atoms with van der Waals surface area (Å²) in [6.45, 7) is 13.5. The number of nitrogens with zero attached hydrogens (tertiary/aromatic N) is 2. The number of aromatic nitrogens is 1. The van der Waals surface area contributed by atoms with Crippen LogP contribution in [0.3, 0.4) is 0 Å². The maximum atomic E-state index is 5.72. The molecule has 31 heavy (non-hydrogen) atoms. The predicted octanol–water partition coefficient (Wildman–Crippen LogP) is 4.51. The van der Waals surface area contributed by atoms with Crippen LogP contribution in [0.5, 0.6) is 11.5 Å². The molecule has 0 aliphatic rings. The molecule has 0 bridgehead atoms. The second-order valence-corrected chi connectivity index (χ2v) is 6.76. The van der Waals surface area contributed by atoms with Crippen LogP contribution in [0.15, 0.2) is 27.7 Å². The summed E-state index contributed by atoms with van der Waals surface area (Å²) in [5.74, 6) is 3.30. The summed E-state index contributed by atoms with van der Waals surface area (Å²) in [5, 5.41) is 10.9. The number of halogens is 1. The molecule has 2 aromatic rings. The molecule has 1 aromatic carbocycles. The van der Waals surface area contributed by atoms with E-state index in [1.807, 2.05) is 19.9 Å². The third-order valence-electron chi connectivity index (χ3n) is 4.66. The van der Waals surface area contributed by atoms with Crippen molar-refractivity contribution < 1.29 is 14.0 Å². The highest BCUT2D eigenvalue weighted by Crippen LogP contribution is 2.28. The van der Waals surface area contributed by atoms with Gasteiger partial charge in [-0.1, -0.05) is 25.1 Å². The Kier molecular flexibility index (Phi) is 13.0. The van der Waals surface area contributed by atoms with Gasteiger partial charge in [-0.2, -0.15) is 0 Å². The van der Waals surface area contributed by atoms with Crippen LogP contribution >= 0.6 is 24.0 Å². The van der Waals surface area contributed by atoms with Crippen molar-refractivity contribution in [3.05, 3.63) is 40.8 Å². The van der Waals surface area contributed by atoms with E-state index in [1.165, 1.54) is 5.56 Å². The first-order valence-corrected chi connectivity index (χ1v) is 11.0. The van der Waals surface area contributed by atoms with Crippen LogP contribution in [-0.4, -0.2) is 37.4 Å². The number of benzene rings is 1. The van der Waals surface area contributed by atoms with Crippen molar-refractivity contribution in [1.82, 2.24) is 15.8 Å². The molecular weight excluding hydrogens is 507 g/mol. The summed E-state index contributed by atoms with van der Waals surface area (Å²) < 4.78 is 16.8. The normalized spacial score (nSPS) is 11.1. The number of aliphatic imine (C=N–C) groups is 1. The summed E-state index contributed by atoms with van der Waals surface area (Å²) in [4.78, 5) is 4.74. The van der Waals surface area contributed by atoms with E-state index in [0.717, 1.165) is 66.8 Å². The average Bonchev–Trinajstić information content (AvgIpc) is 3.16. The minimum Gasteiger partial charge on any atom is -0.490 e. The third kappa shape index (κ3) is 8.23. The van der Waals surface area contributed by atoms with Crippen LogP contribution in [0.1, 0.15) is 57.2 Å². The highest BCUT2D eigenvalue weighted by molar-refractivity contribution is 14.0. The monoisotopic (exact) mass is 544 g/mol. The number of guanidine groups is 1. The lowest BCUT2D eigenvalue weighted by Crippen LogP contribution is -2.38. The minimum atomic E-state index is 0. The lowest BCUT2D eigenvalue weighted by molar-refractivity contribution is 0.287. The number of hydrogen-bond donors (Lipinski definition) is 2. The van der Waals surface area contributed by atoms with Gasteiger partial charge in [0.15, 0.2) is 17.5 Å². The molecule has 2 rings (SSSR count). The lowest BCUT2D eigenvalue weighted by Gasteiger charge is -2.14. The zero-order valence-electron chi connectivity index (χ0n) is 19.4. The Morgan fingerprint density at radius 1 is 1.00 bits per heavy atom. The van der Waals surface area contributed by atoms with Gasteiger partial charge in [-0.05, 0) is 51.3 Å². The Hall–Kier alpha value is -1.97. The van der Waals surface area contributed by atoms with Crippen molar-refractivity contribution in [2.45, 2.75) is 60.4 Å². The smallest absolute Gasteiger partial charge is 0.191 e. The van der Waals surface area contributed by atoms with Crippen LogP contribution in [-0.2, 0) is 25.8 Å². The van der Waals surface area contributed by atoms with E-state index in [9.17, 15) is 0 Å². The van der Waals surface area contributed by atoms with Crippen molar-refractivity contribution in [3.8, 4) is 11.5 Å². The Labute approximate surface area is 203 Å². The van der Waals surface area contributed by atoms with Gasteiger partial charge in [-0.25, -0.2) is 4.99 Å². The molecule has 174 valence electrons. The van der Waals surface area contributed by atoms with Crippen molar-refractivity contribution in [2.75, 3.05) is 26.3 Å². The maximum absolute atomic E-state index is 5.72. The molecule has 0 unspecified atom stereocenters. The molecule has 1 heterocycles. The summed E-state index contributed by atoms with van der Waals surface area (Å²) >= 11 is 0. The topological polar surface area (TPSA) is 80.9 Å². The van der Waals surface area contributed by atoms with E-state index >= 15 is 0 Å². The van der Waals surface area contributed by atoms with E-state index in [-0.39, 0.29) is 24.0 Å². The second kappa shape index (κ2) is 14.9. The fraction of sp³-hybridized carbons (Fsp3) is 0.565. The van der Waals surface area contributed by atoms with Gasteiger partial charge in [0.1, 0.15) is 5.76 Å². The zero-order chi connectivity index (χ0) is 21.8. The molecule has 0 fully saturated rings. The van der Waals surface area contributed by atoms with Gasteiger partial charge < -0.3 is 24.6 Å². The van der Waals surface area contributed by atoms with E-state index in [0.29, 0.717) is 19.8 Å². The van der Waals surface area contributed by atoms with Gasteiger partial charge in [0.25, 0.3) is 0 Å². The fourth-order valence-corrected chi connectivity index (χ4v) is 3.19. The first-order valence-electron chi connectivity index (χ1n) is 11.0. The van der Waals surface area contributed by atoms with Gasteiger partial charge in [0.05, 0.1) is 25.5 Å². The zero-order valence-corrected chi connectivity index (χ0v) is 21.7. The molecule has 0 radical (unpaired) electrons. The first-order chi connectivity index (χ1) is 14.7. The summed E-state index contributed by atoms with van der Waals surface area (Å²) in [6.07, 6.45) is 2.52. The molecule has 0 atom stereocenters. The Bertz CT molecular complexity index is 787. The number of rotatable bonds is 12. The molecule has 7 nitrogen and oxygen atoms in total. The standard InChI is InChI=1S/C23H36N4O3.HI/c1-6-19-18(20(7-2)30-27-19)16-26-23(24-8-3)25-14-13-17-11-12-21(28-9-4)22(15-17)29-10-5;/h11-12,15H,6-10,13-14,16H2,1-5H3,(H2,24,25,26);1H. The van der Waals surface area contributed by atoms with Crippen LogP contribution in [0.25, 0.3) is 0 Å². The molecular formula is C23H37IN4O3. The molecule has 0 saturated heterocycles. The molecule has 0 aliphatic carbocycles. The lowest BCUT2D eigenvalue weighted by atomic mass is 10.1. The molecule has 8 heteroatoms. The number of hydrogen-bond acceptors (Lipinski definition) is 5. The molecule has 0 spiro atoms. The SMILES string of the molecule is CCNC(=NCc1c(CC)noc1CC)NCCc1ccc(OCC)c(OCC)c1.I. The summed E-state index contributed by atoms with van der Waals surface area (Å²) in [7, 11) is 0. The van der Waals surface area contributed by atoms with E-state index in [4.69, 9.17) is 19.0 Å². The quantitative estimate of drug-likeness (QED) is 0.233. The fourth-order valence-electron chi connectivity index (χ4n) is 3.19. The van der Waals surface area contributed by atoms with Crippen LogP contribution < -0.4 is 20.1 Å². The van der Waals surface area contributed by atoms with E-state index in [2.05, 4.69) is 48.7 Å². The molecule has 0 aliphatic heterocycles. The first kappa shape index (κ1) is 27.1. The van der Waals surface area contributed by atoms with Gasteiger partial charge in [-0.15, -0.1) is 24.0 Å². The maximum Gasteiger partial charge on any atom is 0.191 e. The highest BCUT2D eigenvalue weighted by atomic mass is 127. The molecule has 0 saturated carbocycles. The summed E-state index contributed by atoms with van der Waals surface area (Å²) in [5.41, 5.74) is 3.28. The minimum absolute atomic E-state index is 0. The predicted molar refractivity (Wildman–Crippen MR) is 136 cm³/mol. The number of nitrogens with one attached hydrogen (secondary N) is 2. The average molecular weight is 544 g/mol. The van der Waals surface area contributed by atoms with Gasteiger partial charge in [0, 0.05) is 25.1 Å². The third-order valence-corrected chi connectivity index (χ3v) is 4.66.